The molecule has 2 rings (SSSR count). The van der Waals surface area contributed by atoms with Crippen molar-refractivity contribution in [1.82, 2.24) is 0 Å². The Kier molecular flexibility index (Phi) is 3.90. The predicted octanol–water partition coefficient (Wildman–Crippen LogP) is 4.71. The van der Waals surface area contributed by atoms with Crippen LogP contribution in [0.1, 0.15) is 10.4 Å². The van der Waals surface area contributed by atoms with E-state index < -0.39 is 6.36 Å². The number of alkyl halides is 3. The molecule has 0 radical (unpaired) electrons. The Balaban J connectivity index is 2.07. The van der Waals surface area contributed by atoms with Gasteiger partial charge in [-0.2, -0.15) is 0 Å². The topological polar surface area (TPSA) is 21.6 Å². The summed E-state index contributed by atoms with van der Waals surface area (Å²) in [7, 11) is 0. The van der Waals surface area contributed by atoms with Crippen molar-refractivity contribution in [3.63, 3.8) is 0 Å². The Morgan fingerprint density at radius 3 is 2.37 bits per heavy atom. The monoisotopic (exact) mass is 285 g/mol. The molecule has 0 aliphatic carbocycles. The van der Waals surface area contributed by atoms with E-state index >= 15 is 0 Å². The van der Waals surface area contributed by atoms with Crippen molar-refractivity contribution in [2.45, 2.75) is 13.3 Å². The van der Waals surface area contributed by atoms with Crippen molar-refractivity contribution in [3.8, 4) is 5.75 Å². The molecule has 0 N–H and O–H groups in total. The van der Waals surface area contributed by atoms with Crippen molar-refractivity contribution in [2.75, 3.05) is 0 Å². The minimum atomic E-state index is -4.67. The molecule has 1 heterocycles. The van der Waals surface area contributed by atoms with E-state index in [1.165, 1.54) is 24.3 Å². The molecule has 0 atom stereocenters. The molecule has 100 valence electrons. The molecule has 0 bridgehead atoms. The number of hydrogen-bond acceptors (Lipinski definition) is 3. The fraction of sp³-hybridized carbons (Fsp3) is 0.154. The molecule has 19 heavy (non-hydrogen) atoms. The molecule has 0 spiro atoms. The van der Waals surface area contributed by atoms with E-state index in [1.807, 2.05) is 18.4 Å². The number of hydrogen-bond donors (Lipinski definition) is 0. The average molecular weight is 285 g/mol. The largest absolute Gasteiger partial charge is 0.573 e. The van der Waals surface area contributed by atoms with E-state index in [-0.39, 0.29) is 5.75 Å². The maximum absolute atomic E-state index is 12.0. The normalized spacial score (nSPS) is 12.0. The van der Waals surface area contributed by atoms with Crippen LogP contribution in [0.4, 0.5) is 18.9 Å². The number of rotatable bonds is 3. The number of aryl methyl sites for hydroxylation is 1. The van der Waals surface area contributed by atoms with Crippen LogP contribution in [0, 0.1) is 6.92 Å². The Morgan fingerprint density at radius 1 is 1.16 bits per heavy atom. The third-order valence-corrected chi connectivity index (χ3v) is 3.26. The minimum Gasteiger partial charge on any atom is -0.406 e. The molecule has 0 saturated carbocycles. The van der Waals surface area contributed by atoms with Gasteiger partial charge in [0.05, 0.1) is 5.69 Å². The first-order valence-electron chi connectivity index (χ1n) is 5.38. The highest BCUT2D eigenvalue weighted by molar-refractivity contribution is 7.11. The van der Waals surface area contributed by atoms with Gasteiger partial charge in [0, 0.05) is 11.1 Å². The molecule has 0 amide bonds. The van der Waals surface area contributed by atoms with Crippen LogP contribution in [0.25, 0.3) is 0 Å². The summed E-state index contributed by atoms with van der Waals surface area (Å²) in [5.41, 5.74) is 1.69. The lowest BCUT2D eigenvalue weighted by molar-refractivity contribution is -0.274. The molecule has 1 aromatic heterocycles. The van der Waals surface area contributed by atoms with Gasteiger partial charge in [-0.3, -0.25) is 4.99 Å². The molecule has 0 saturated heterocycles. The van der Waals surface area contributed by atoms with E-state index in [2.05, 4.69) is 9.73 Å². The van der Waals surface area contributed by atoms with Crippen LogP contribution in [0.15, 0.2) is 40.7 Å². The highest BCUT2D eigenvalue weighted by Crippen LogP contribution is 2.25. The smallest absolute Gasteiger partial charge is 0.406 e. The Labute approximate surface area is 112 Å². The summed E-state index contributed by atoms with van der Waals surface area (Å²) in [6, 6.07) is 7.40. The maximum Gasteiger partial charge on any atom is 0.573 e. The Bertz CT molecular complexity index is 572. The number of benzene rings is 1. The highest BCUT2D eigenvalue weighted by Gasteiger charge is 2.30. The van der Waals surface area contributed by atoms with Crippen LogP contribution in [0.2, 0.25) is 0 Å². The fourth-order valence-corrected chi connectivity index (χ4v) is 2.17. The molecule has 0 unspecified atom stereocenters. The average Bonchev–Trinajstić information content (AvgIpc) is 2.72. The second-order valence-electron chi connectivity index (χ2n) is 3.77. The molecule has 2 nitrogen and oxygen atoms in total. The molecule has 0 aliphatic heterocycles. The lowest BCUT2D eigenvalue weighted by Gasteiger charge is -2.08. The van der Waals surface area contributed by atoms with Crippen molar-refractivity contribution in [1.29, 1.82) is 0 Å². The van der Waals surface area contributed by atoms with Crippen molar-refractivity contribution >= 4 is 23.2 Å². The van der Waals surface area contributed by atoms with Crippen molar-refractivity contribution in [3.05, 3.63) is 46.2 Å². The van der Waals surface area contributed by atoms with Crippen LogP contribution in [0.5, 0.6) is 5.75 Å². The van der Waals surface area contributed by atoms with Gasteiger partial charge in [0.25, 0.3) is 0 Å². The molecule has 2 aromatic rings. The first kappa shape index (κ1) is 13.6. The summed E-state index contributed by atoms with van der Waals surface area (Å²) >= 11 is 1.56. The fourth-order valence-electron chi connectivity index (χ4n) is 1.38. The van der Waals surface area contributed by atoms with E-state index in [4.69, 9.17) is 0 Å². The maximum atomic E-state index is 12.0. The van der Waals surface area contributed by atoms with Crippen molar-refractivity contribution < 1.29 is 17.9 Å². The second kappa shape index (κ2) is 5.44. The molecular weight excluding hydrogens is 275 g/mol. The summed E-state index contributed by atoms with van der Waals surface area (Å²) in [6.07, 6.45) is -2.97. The third-order valence-electron chi connectivity index (χ3n) is 2.30. The zero-order valence-electron chi connectivity index (χ0n) is 9.94. The first-order chi connectivity index (χ1) is 8.94. The molecule has 6 heteroatoms. The Hall–Kier alpha value is -1.82. The summed E-state index contributed by atoms with van der Waals surface area (Å²) in [6.45, 7) is 1.97. The van der Waals surface area contributed by atoms with Gasteiger partial charge in [0.2, 0.25) is 0 Å². The molecular formula is C13H10F3NOS. The van der Waals surface area contributed by atoms with Crippen molar-refractivity contribution in [2.24, 2.45) is 4.99 Å². The van der Waals surface area contributed by atoms with Gasteiger partial charge >= 0.3 is 6.36 Å². The third kappa shape index (κ3) is 4.10. The summed E-state index contributed by atoms with van der Waals surface area (Å²) in [4.78, 5) is 5.22. The number of aliphatic imine (C=N–C) groups is 1. The predicted molar refractivity (Wildman–Crippen MR) is 69.4 cm³/mol. The summed E-state index contributed by atoms with van der Waals surface area (Å²) in [5, 5.41) is 1.96. The van der Waals surface area contributed by atoms with Crippen LogP contribution in [0.3, 0.4) is 0 Å². The number of thiophene rings is 1. The van der Waals surface area contributed by atoms with Gasteiger partial charge in [-0.05, 0) is 48.2 Å². The Morgan fingerprint density at radius 2 is 1.84 bits per heavy atom. The molecule has 0 fully saturated rings. The van der Waals surface area contributed by atoms with E-state index in [0.29, 0.717) is 5.69 Å². The van der Waals surface area contributed by atoms with E-state index in [9.17, 15) is 13.2 Å². The molecule has 1 aromatic carbocycles. The lowest BCUT2D eigenvalue weighted by Crippen LogP contribution is -2.16. The number of nitrogens with zero attached hydrogens (tertiary/aromatic N) is 1. The van der Waals surface area contributed by atoms with Gasteiger partial charge in [0.1, 0.15) is 5.75 Å². The van der Waals surface area contributed by atoms with Gasteiger partial charge in [-0.25, -0.2) is 0 Å². The van der Waals surface area contributed by atoms with Crippen LogP contribution >= 0.6 is 11.3 Å². The first-order valence-corrected chi connectivity index (χ1v) is 6.26. The quantitative estimate of drug-likeness (QED) is 0.749. The summed E-state index contributed by atoms with van der Waals surface area (Å²) < 4.78 is 39.7. The lowest BCUT2D eigenvalue weighted by atomic mass is 10.3. The second-order valence-corrected chi connectivity index (χ2v) is 4.72. The van der Waals surface area contributed by atoms with Gasteiger partial charge in [-0.15, -0.1) is 24.5 Å². The molecule has 0 aliphatic rings. The van der Waals surface area contributed by atoms with Gasteiger partial charge < -0.3 is 4.74 Å². The number of halogens is 3. The van der Waals surface area contributed by atoms with Gasteiger partial charge in [-0.1, -0.05) is 0 Å². The SMILES string of the molecule is Cc1ccsc1C=Nc1ccc(OC(F)(F)F)cc1. The van der Waals surface area contributed by atoms with Crippen LogP contribution in [-0.4, -0.2) is 12.6 Å². The summed E-state index contributed by atoms with van der Waals surface area (Å²) in [5.74, 6) is -0.251. The standard InChI is InChI=1S/C13H10F3NOS/c1-9-6-7-19-12(9)8-17-10-2-4-11(5-3-10)18-13(14,15)16/h2-8H,1H3. The highest BCUT2D eigenvalue weighted by atomic mass is 32.1. The van der Waals surface area contributed by atoms with Crippen LogP contribution in [-0.2, 0) is 0 Å². The van der Waals surface area contributed by atoms with E-state index in [1.54, 1.807) is 17.6 Å². The number of ether oxygens (including phenoxy) is 1. The minimum absolute atomic E-state index is 0.251. The van der Waals surface area contributed by atoms with Gasteiger partial charge in [0.15, 0.2) is 0 Å². The zero-order chi connectivity index (χ0) is 13.9. The zero-order valence-corrected chi connectivity index (χ0v) is 10.8. The van der Waals surface area contributed by atoms with E-state index in [0.717, 1.165) is 10.4 Å². The van der Waals surface area contributed by atoms with Crippen LogP contribution < -0.4 is 4.74 Å².